The van der Waals surface area contributed by atoms with E-state index in [2.05, 4.69) is 17.2 Å². The Morgan fingerprint density at radius 1 is 1.37 bits per heavy atom. The number of nitrogens with two attached hydrogens (primary N) is 1. The average molecular weight is 258 g/mol. The summed E-state index contributed by atoms with van der Waals surface area (Å²) >= 11 is 0. The molecule has 3 N–H and O–H groups in total. The molecule has 3 nitrogen and oxygen atoms in total. The van der Waals surface area contributed by atoms with Gasteiger partial charge in [0, 0.05) is 11.5 Å². The fourth-order valence-electron chi connectivity index (χ4n) is 1.57. The molecule has 0 fully saturated rings. The molecule has 1 rings (SSSR count). The molecule has 1 unspecified atom stereocenters. The zero-order valence-corrected chi connectivity index (χ0v) is 12.1. The Kier molecular flexibility index (Phi) is 5.59. The molecule has 0 bridgehead atoms. The Hall–Kier alpha value is -1.79. The molecule has 0 heterocycles. The van der Waals surface area contributed by atoms with E-state index in [1.807, 2.05) is 45.9 Å². The van der Waals surface area contributed by atoms with Crippen molar-refractivity contribution in [3.8, 4) is 11.8 Å². The van der Waals surface area contributed by atoms with Gasteiger partial charge in [0.05, 0.1) is 12.2 Å². The maximum absolute atomic E-state index is 12.1. The average Bonchev–Trinajstić information content (AvgIpc) is 2.36. The van der Waals surface area contributed by atoms with Crippen LogP contribution < -0.4 is 11.1 Å². The van der Waals surface area contributed by atoms with Gasteiger partial charge >= 0.3 is 0 Å². The van der Waals surface area contributed by atoms with Gasteiger partial charge in [-0.05, 0) is 30.5 Å². The largest absolute Gasteiger partial charge is 0.325 e. The summed E-state index contributed by atoms with van der Waals surface area (Å²) in [6, 6.07) is 5.82. The normalized spacial score (nSPS) is 11.7. The van der Waals surface area contributed by atoms with Crippen molar-refractivity contribution < 1.29 is 4.79 Å². The van der Waals surface area contributed by atoms with E-state index in [0.717, 1.165) is 16.8 Å². The van der Waals surface area contributed by atoms with Crippen LogP contribution in [-0.4, -0.2) is 12.5 Å². The van der Waals surface area contributed by atoms with Crippen molar-refractivity contribution in [2.45, 2.75) is 27.7 Å². The predicted octanol–water partition coefficient (Wildman–Crippen LogP) is 2.54. The summed E-state index contributed by atoms with van der Waals surface area (Å²) in [6.07, 6.45) is 0. The summed E-state index contributed by atoms with van der Waals surface area (Å²) in [6.45, 7) is 8.30. The third kappa shape index (κ3) is 4.42. The third-order valence-electron chi connectivity index (χ3n) is 3.17. The molecule has 0 aliphatic carbocycles. The quantitative estimate of drug-likeness (QED) is 0.819. The topological polar surface area (TPSA) is 55.1 Å². The Morgan fingerprint density at radius 2 is 2.05 bits per heavy atom. The lowest BCUT2D eigenvalue weighted by atomic mass is 9.97. The first-order valence-electron chi connectivity index (χ1n) is 6.56. The molecule has 0 saturated heterocycles. The van der Waals surface area contributed by atoms with Crippen LogP contribution in [0.1, 0.15) is 31.9 Å². The van der Waals surface area contributed by atoms with Crippen LogP contribution in [0, 0.1) is 30.6 Å². The SMILES string of the molecule is Cc1ccc(C#CCN)c(NC(=O)C(C)C(C)C)c1. The zero-order valence-electron chi connectivity index (χ0n) is 12.1. The van der Waals surface area contributed by atoms with Crippen molar-refractivity contribution in [2.24, 2.45) is 17.6 Å². The number of benzene rings is 1. The van der Waals surface area contributed by atoms with Crippen molar-refractivity contribution in [1.29, 1.82) is 0 Å². The lowest BCUT2D eigenvalue weighted by molar-refractivity contribution is -0.120. The van der Waals surface area contributed by atoms with Gasteiger partial charge in [0.1, 0.15) is 0 Å². The van der Waals surface area contributed by atoms with Crippen molar-refractivity contribution in [2.75, 3.05) is 11.9 Å². The molecular weight excluding hydrogens is 236 g/mol. The van der Waals surface area contributed by atoms with Crippen LogP contribution in [0.25, 0.3) is 0 Å². The van der Waals surface area contributed by atoms with Crippen molar-refractivity contribution >= 4 is 11.6 Å². The van der Waals surface area contributed by atoms with E-state index >= 15 is 0 Å². The number of carbonyl (C=O) groups is 1. The molecule has 0 radical (unpaired) electrons. The van der Waals surface area contributed by atoms with E-state index < -0.39 is 0 Å². The number of carbonyl (C=O) groups excluding carboxylic acids is 1. The van der Waals surface area contributed by atoms with Gasteiger partial charge in [-0.15, -0.1) is 0 Å². The first-order valence-corrected chi connectivity index (χ1v) is 6.56. The third-order valence-corrected chi connectivity index (χ3v) is 3.17. The van der Waals surface area contributed by atoms with Crippen molar-refractivity contribution in [3.63, 3.8) is 0 Å². The lowest BCUT2D eigenvalue weighted by Gasteiger charge is -2.16. The van der Waals surface area contributed by atoms with Crippen LogP contribution in [0.2, 0.25) is 0 Å². The number of hydrogen-bond donors (Lipinski definition) is 2. The molecule has 0 aliphatic rings. The number of nitrogens with one attached hydrogen (secondary N) is 1. The van der Waals surface area contributed by atoms with Crippen molar-refractivity contribution in [3.05, 3.63) is 29.3 Å². The highest BCUT2D eigenvalue weighted by Crippen LogP contribution is 2.19. The van der Waals surface area contributed by atoms with E-state index in [1.54, 1.807) is 0 Å². The molecule has 0 spiro atoms. The van der Waals surface area contributed by atoms with Gasteiger partial charge in [-0.1, -0.05) is 38.7 Å². The Labute approximate surface area is 115 Å². The van der Waals surface area contributed by atoms with Crippen LogP contribution in [0.15, 0.2) is 18.2 Å². The van der Waals surface area contributed by atoms with Gasteiger partial charge in [0.25, 0.3) is 0 Å². The summed E-state index contributed by atoms with van der Waals surface area (Å²) < 4.78 is 0. The maximum atomic E-state index is 12.1. The summed E-state index contributed by atoms with van der Waals surface area (Å²) in [7, 11) is 0. The molecule has 1 atom stereocenters. The molecule has 0 saturated carbocycles. The van der Waals surface area contributed by atoms with Crippen LogP contribution in [-0.2, 0) is 4.79 Å². The molecule has 0 aromatic heterocycles. The van der Waals surface area contributed by atoms with E-state index in [9.17, 15) is 4.79 Å². The fraction of sp³-hybridized carbons (Fsp3) is 0.438. The minimum absolute atomic E-state index is 0.0244. The van der Waals surface area contributed by atoms with E-state index in [-0.39, 0.29) is 11.8 Å². The van der Waals surface area contributed by atoms with Crippen LogP contribution in [0.3, 0.4) is 0 Å². The highest BCUT2D eigenvalue weighted by atomic mass is 16.1. The first-order chi connectivity index (χ1) is 8.95. The summed E-state index contributed by atoms with van der Waals surface area (Å²) in [4.78, 5) is 12.1. The molecule has 1 aromatic rings. The van der Waals surface area contributed by atoms with Gasteiger partial charge in [0.15, 0.2) is 0 Å². The van der Waals surface area contributed by atoms with E-state index in [4.69, 9.17) is 5.73 Å². The number of amides is 1. The number of aryl methyl sites for hydroxylation is 1. The summed E-state index contributed by atoms with van der Waals surface area (Å²) in [5, 5.41) is 2.96. The number of anilines is 1. The molecule has 1 amide bonds. The summed E-state index contributed by atoms with van der Waals surface area (Å²) in [5.41, 5.74) is 8.04. The minimum Gasteiger partial charge on any atom is -0.325 e. The molecule has 0 aliphatic heterocycles. The second-order valence-corrected chi connectivity index (χ2v) is 5.08. The molecule has 102 valence electrons. The highest BCUT2D eigenvalue weighted by molar-refractivity contribution is 5.93. The molecule has 19 heavy (non-hydrogen) atoms. The first kappa shape index (κ1) is 15.3. The fourth-order valence-corrected chi connectivity index (χ4v) is 1.57. The maximum Gasteiger partial charge on any atom is 0.227 e. The monoisotopic (exact) mass is 258 g/mol. The molecule has 3 heteroatoms. The van der Waals surface area contributed by atoms with Crippen molar-refractivity contribution in [1.82, 2.24) is 0 Å². The van der Waals surface area contributed by atoms with Crippen LogP contribution in [0.5, 0.6) is 0 Å². The van der Waals surface area contributed by atoms with Gasteiger partial charge in [-0.3, -0.25) is 4.79 Å². The molecular formula is C16H22N2O. The predicted molar refractivity (Wildman–Crippen MR) is 79.7 cm³/mol. The second-order valence-electron chi connectivity index (χ2n) is 5.08. The van der Waals surface area contributed by atoms with Gasteiger partial charge < -0.3 is 11.1 Å². The van der Waals surface area contributed by atoms with Gasteiger partial charge in [-0.25, -0.2) is 0 Å². The standard InChI is InChI=1S/C16H22N2O/c1-11(2)13(4)16(19)18-15-10-12(3)7-8-14(15)6-5-9-17/h7-8,10-11,13H,9,17H2,1-4H3,(H,18,19). The van der Waals surface area contributed by atoms with E-state index in [0.29, 0.717) is 12.5 Å². The Balaban J connectivity index is 2.99. The zero-order chi connectivity index (χ0) is 14.4. The molecule has 1 aromatic carbocycles. The lowest BCUT2D eigenvalue weighted by Crippen LogP contribution is -2.24. The Bertz CT molecular complexity index is 509. The van der Waals surface area contributed by atoms with Gasteiger partial charge in [0.2, 0.25) is 5.91 Å². The van der Waals surface area contributed by atoms with Crippen LogP contribution >= 0.6 is 0 Å². The minimum atomic E-state index is -0.0316. The van der Waals surface area contributed by atoms with Crippen LogP contribution in [0.4, 0.5) is 5.69 Å². The smallest absolute Gasteiger partial charge is 0.227 e. The summed E-state index contributed by atoms with van der Waals surface area (Å²) in [5.74, 6) is 6.10. The highest BCUT2D eigenvalue weighted by Gasteiger charge is 2.17. The Morgan fingerprint density at radius 3 is 2.63 bits per heavy atom. The van der Waals surface area contributed by atoms with Gasteiger partial charge in [-0.2, -0.15) is 0 Å². The number of rotatable bonds is 3. The second kappa shape index (κ2) is 6.96. The number of hydrogen-bond acceptors (Lipinski definition) is 2. The van der Waals surface area contributed by atoms with E-state index in [1.165, 1.54) is 0 Å².